The molecule has 0 amide bonds. The van der Waals surface area contributed by atoms with Crippen molar-refractivity contribution in [2.45, 2.75) is 25.9 Å². The maximum atomic E-state index is 6.03. The molecule has 19 heavy (non-hydrogen) atoms. The van der Waals surface area contributed by atoms with E-state index in [0.717, 1.165) is 0 Å². The lowest BCUT2D eigenvalue weighted by Crippen LogP contribution is -2.42. The Balaban J connectivity index is 2.43. The van der Waals surface area contributed by atoms with Crippen molar-refractivity contribution in [3.8, 4) is 0 Å². The maximum Gasteiger partial charge on any atom is 0.0425 e. The lowest BCUT2D eigenvalue weighted by molar-refractivity contribution is 0.615. The normalized spacial score (nSPS) is 14.3. The van der Waals surface area contributed by atoms with Crippen molar-refractivity contribution in [3.05, 3.63) is 42.5 Å². The fraction of sp³-hybridized carbons (Fsp3) is 0.375. The molecule has 0 heterocycles. The van der Waals surface area contributed by atoms with E-state index in [4.69, 9.17) is 23.2 Å². The molecule has 102 valence electrons. The highest BCUT2D eigenvalue weighted by Gasteiger charge is 2.19. The predicted octanol–water partition coefficient (Wildman–Crippen LogP) is 4.90. The molecule has 2 aromatic carbocycles. The van der Waals surface area contributed by atoms with Crippen LogP contribution in [0.15, 0.2) is 42.5 Å². The minimum absolute atomic E-state index is 0.261. The van der Waals surface area contributed by atoms with E-state index < -0.39 is 0 Å². The largest absolute Gasteiger partial charge is 0.364 e. The second-order valence-corrected chi connectivity index (χ2v) is 5.56. The van der Waals surface area contributed by atoms with Crippen LogP contribution in [0, 0.1) is 0 Å². The Kier molecular flexibility index (Phi) is 4.95. The molecule has 2 unspecified atom stereocenters. The average Bonchev–Trinajstić information content (AvgIpc) is 2.46. The van der Waals surface area contributed by atoms with E-state index in [-0.39, 0.29) is 12.1 Å². The molecular weight excluding hydrogens is 277 g/mol. The molecule has 0 spiro atoms. The standard InChI is InChI=1S/C16H19Cl2N/c1-12(10-17)19(13(2)11-18)16-8-7-14-5-3-4-6-15(14)9-16/h3-9,12-13H,10-11H2,1-2H3. The highest BCUT2D eigenvalue weighted by atomic mass is 35.5. The second-order valence-electron chi connectivity index (χ2n) is 4.95. The van der Waals surface area contributed by atoms with Gasteiger partial charge in [-0.2, -0.15) is 0 Å². The summed E-state index contributed by atoms with van der Waals surface area (Å²) in [5.74, 6) is 1.18. The van der Waals surface area contributed by atoms with Gasteiger partial charge in [0.15, 0.2) is 0 Å². The van der Waals surface area contributed by atoms with Gasteiger partial charge in [-0.3, -0.25) is 0 Å². The summed E-state index contributed by atoms with van der Waals surface area (Å²) in [6, 6.07) is 15.4. The Bertz CT molecular complexity index is 531. The number of hydrogen-bond acceptors (Lipinski definition) is 1. The average molecular weight is 296 g/mol. The smallest absolute Gasteiger partial charge is 0.0425 e. The summed E-state index contributed by atoms with van der Waals surface area (Å²) in [7, 11) is 0. The van der Waals surface area contributed by atoms with E-state index in [1.165, 1.54) is 16.5 Å². The molecule has 0 aliphatic rings. The minimum Gasteiger partial charge on any atom is -0.364 e. The molecule has 0 N–H and O–H groups in total. The van der Waals surface area contributed by atoms with Gasteiger partial charge in [-0.25, -0.2) is 0 Å². The number of anilines is 1. The van der Waals surface area contributed by atoms with Crippen molar-refractivity contribution in [2.24, 2.45) is 0 Å². The highest BCUT2D eigenvalue weighted by Crippen LogP contribution is 2.26. The number of hydrogen-bond donors (Lipinski definition) is 0. The molecule has 0 saturated carbocycles. The summed E-state index contributed by atoms with van der Waals surface area (Å²) >= 11 is 12.1. The number of fused-ring (bicyclic) bond motifs is 1. The van der Waals surface area contributed by atoms with Crippen LogP contribution >= 0.6 is 23.2 Å². The molecule has 2 rings (SSSR count). The third kappa shape index (κ3) is 3.16. The van der Waals surface area contributed by atoms with Crippen molar-refractivity contribution in [2.75, 3.05) is 16.7 Å². The van der Waals surface area contributed by atoms with Gasteiger partial charge in [-0.05, 0) is 36.8 Å². The predicted molar refractivity (Wildman–Crippen MR) is 86.8 cm³/mol. The number of halogens is 2. The zero-order valence-corrected chi connectivity index (χ0v) is 12.8. The van der Waals surface area contributed by atoms with Crippen LogP contribution in [-0.2, 0) is 0 Å². The van der Waals surface area contributed by atoms with Gasteiger partial charge in [-0.15, -0.1) is 23.2 Å². The minimum atomic E-state index is 0.261. The molecule has 0 radical (unpaired) electrons. The molecule has 2 aromatic rings. The van der Waals surface area contributed by atoms with Gasteiger partial charge in [0.1, 0.15) is 0 Å². The van der Waals surface area contributed by atoms with Crippen LogP contribution in [0.5, 0.6) is 0 Å². The molecule has 2 atom stereocenters. The first-order valence-corrected chi connectivity index (χ1v) is 7.63. The van der Waals surface area contributed by atoms with Crippen molar-refractivity contribution in [1.29, 1.82) is 0 Å². The Morgan fingerprint density at radius 2 is 1.47 bits per heavy atom. The van der Waals surface area contributed by atoms with Gasteiger partial charge < -0.3 is 4.90 Å². The van der Waals surface area contributed by atoms with Crippen LogP contribution in [-0.4, -0.2) is 23.8 Å². The third-order valence-corrected chi connectivity index (χ3v) is 4.32. The fourth-order valence-electron chi connectivity index (χ4n) is 2.43. The summed E-state index contributed by atoms with van der Waals surface area (Å²) in [5, 5.41) is 2.50. The highest BCUT2D eigenvalue weighted by molar-refractivity contribution is 6.19. The maximum absolute atomic E-state index is 6.03. The van der Waals surface area contributed by atoms with Crippen LogP contribution in [0.1, 0.15) is 13.8 Å². The lowest BCUT2D eigenvalue weighted by atomic mass is 10.1. The van der Waals surface area contributed by atoms with E-state index in [2.05, 4.69) is 61.2 Å². The van der Waals surface area contributed by atoms with E-state index in [0.29, 0.717) is 11.8 Å². The fourth-order valence-corrected chi connectivity index (χ4v) is 2.73. The summed E-state index contributed by atoms with van der Waals surface area (Å²) in [4.78, 5) is 2.30. The molecule has 1 nitrogen and oxygen atoms in total. The number of rotatable bonds is 5. The van der Waals surface area contributed by atoms with E-state index >= 15 is 0 Å². The molecule has 0 aromatic heterocycles. The van der Waals surface area contributed by atoms with Crippen molar-refractivity contribution in [3.63, 3.8) is 0 Å². The molecule has 0 saturated heterocycles. The Labute approximate surface area is 125 Å². The van der Waals surface area contributed by atoms with Crippen LogP contribution in [0.3, 0.4) is 0 Å². The van der Waals surface area contributed by atoms with Crippen molar-refractivity contribution < 1.29 is 0 Å². The van der Waals surface area contributed by atoms with Crippen LogP contribution in [0.2, 0.25) is 0 Å². The Morgan fingerprint density at radius 1 is 0.895 bits per heavy atom. The molecule has 0 aliphatic heterocycles. The zero-order valence-electron chi connectivity index (χ0n) is 11.3. The Hall–Kier alpha value is -0.920. The molecule has 0 fully saturated rings. The van der Waals surface area contributed by atoms with E-state index in [1.54, 1.807) is 0 Å². The summed E-state index contributed by atoms with van der Waals surface area (Å²) in [5.41, 5.74) is 1.18. The summed E-state index contributed by atoms with van der Waals surface area (Å²) in [6.07, 6.45) is 0. The van der Waals surface area contributed by atoms with E-state index in [9.17, 15) is 0 Å². The van der Waals surface area contributed by atoms with Crippen molar-refractivity contribution >= 4 is 39.7 Å². The molecule has 0 aliphatic carbocycles. The quantitative estimate of drug-likeness (QED) is 0.709. The molecule has 3 heteroatoms. The van der Waals surface area contributed by atoms with Crippen LogP contribution in [0.25, 0.3) is 10.8 Å². The third-order valence-electron chi connectivity index (χ3n) is 3.43. The van der Waals surface area contributed by atoms with Gasteiger partial charge >= 0.3 is 0 Å². The number of alkyl halides is 2. The first-order chi connectivity index (χ1) is 9.17. The first-order valence-electron chi connectivity index (χ1n) is 6.56. The van der Waals surface area contributed by atoms with Gasteiger partial charge in [0.05, 0.1) is 0 Å². The second kappa shape index (κ2) is 6.49. The summed E-state index contributed by atoms with van der Waals surface area (Å²) in [6.45, 7) is 4.26. The first kappa shape index (κ1) is 14.5. The van der Waals surface area contributed by atoms with Gasteiger partial charge in [0, 0.05) is 29.5 Å². The van der Waals surface area contributed by atoms with Crippen LogP contribution < -0.4 is 4.90 Å². The molecular formula is C16H19Cl2N. The van der Waals surface area contributed by atoms with Crippen molar-refractivity contribution in [1.82, 2.24) is 0 Å². The zero-order chi connectivity index (χ0) is 13.8. The lowest BCUT2D eigenvalue weighted by Gasteiger charge is -2.35. The van der Waals surface area contributed by atoms with Gasteiger partial charge in [0.25, 0.3) is 0 Å². The van der Waals surface area contributed by atoms with Gasteiger partial charge in [-0.1, -0.05) is 30.3 Å². The SMILES string of the molecule is CC(CCl)N(c1ccc2ccccc2c1)C(C)CCl. The topological polar surface area (TPSA) is 3.24 Å². The van der Waals surface area contributed by atoms with Crippen LogP contribution in [0.4, 0.5) is 5.69 Å². The number of benzene rings is 2. The number of nitrogens with zero attached hydrogens (tertiary/aromatic N) is 1. The van der Waals surface area contributed by atoms with Gasteiger partial charge in [0.2, 0.25) is 0 Å². The monoisotopic (exact) mass is 295 g/mol. The van der Waals surface area contributed by atoms with E-state index in [1.807, 2.05) is 0 Å². The summed E-state index contributed by atoms with van der Waals surface area (Å²) < 4.78 is 0. The molecule has 0 bridgehead atoms. The Morgan fingerprint density at radius 3 is 2.05 bits per heavy atom.